The lowest BCUT2D eigenvalue weighted by Crippen LogP contribution is -2.36. The molecule has 0 spiro atoms. The van der Waals surface area contributed by atoms with Gasteiger partial charge in [0.1, 0.15) is 30.2 Å². The first-order chi connectivity index (χ1) is 12.8. The molecule has 2 aromatic heterocycles. The van der Waals surface area contributed by atoms with Crippen molar-refractivity contribution >= 4 is 29.6 Å². The van der Waals surface area contributed by atoms with Crippen molar-refractivity contribution < 1.29 is 19.2 Å². The van der Waals surface area contributed by atoms with E-state index in [2.05, 4.69) is 15.0 Å². The molecular formula is C16H16BN5O4. The third-order valence-corrected chi connectivity index (χ3v) is 4.76. The van der Waals surface area contributed by atoms with Crippen LogP contribution in [0.4, 0.5) is 5.82 Å². The number of ether oxygens (including phenoxy) is 1. The topological polar surface area (TPSA) is 118 Å². The first-order valence-electron chi connectivity index (χ1n) is 8.31. The molecule has 3 unspecified atom stereocenters. The van der Waals surface area contributed by atoms with E-state index in [4.69, 9.17) is 19.8 Å². The molecule has 0 radical (unpaired) electrons. The van der Waals surface area contributed by atoms with E-state index >= 15 is 0 Å². The molecule has 2 aliphatic heterocycles. The van der Waals surface area contributed by atoms with Gasteiger partial charge in [-0.25, -0.2) is 15.0 Å². The van der Waals surface area contributed by atoms with Gasteiger partial charge in [-0.3, -0.25) is 4.57 Å². The molecule has 0 amide bonds. The highest BCUT2D eigenvalue weighted by atomic mass is 16.7. The van der Waals surface area contributed by atoms with Crippen molar-refractivity contribution in [2.75, 3.05) is 12.3 Å². The largest absolute Gasteiger partial charge is 0.494 e. The van der Waals surface area contributed by atoms with Crippen LogP contribution in [0.2, 0.25) is 0 Å². The number of aliphatic hydroxyl groups excluding tert-OH is 1. The molecule has 1 aromatic carbocycles. The molecule has 2 aliphatic rings. The number of nitrogen functional groups attached to an aromatic ring is 1. The summed E-state index contributed by atoms with van der Waals surface area (Å²) in [6.07, 6.45) is 1.12. The maximum Gasteiger partial charge on any atom is 0.494 e. The summed E-state index contributed by atoms with van der Waals surface area (Å²) in [7, 11) is -0.513. The van der Waals surface area contributed by atoms with Crippen LogP contribution in [0.1, 0.15) is 6.23 Å². The first-order valence-corrected chi connectivity index (χ1v) is 8.31. The summed E-state index contributed by atoms with van der Waals surface area (Å²) in [6.45, 7) is -0.174. The van der Waals surface area contributed by atoms with Crippen molar-refractivity contribution in [2.45, 2.75) is 24.5 Å². The Labute approximate surface area is 148 Å². The molecule has 4 atom stereocenters. The van der Waals surface area contributed by atoms with Gasteiger partial charge >= 0.3 is 7.12 Å². The zero-order valence-electron chi connectivity index (χ0n) is 13.7. The highest BCUT2D eigenvalue weighted by Crippen LogP contribution is 2.39. The fourth-order valence-electron chi connectivity index (χ4n) is 3.53. The van der Waals surface area contributed by atoms with Crippen molar-refractivity contribution in [2.24, 2.45) is 0 Å². The molecule has 132 valence electrons. The van der Waals surface area contributed by atoms with Crippen LogP contribution < -0.4 is 11.2 Å². The fourth-order valence-corrected chi connectivity index (χ4v) is 3.53. The van der Waals surface area contributed by atoms with Crippen LogP contribution in [0.3, 0.4) is 0 Å². The summed E-state index contributed by atoms with van der Waals surface area (Å²) < 4.78 is 19.9. The second-order valence-electron chi connectivity index (χ2n) is 6.27. The molecule has 3 N–H and O–H groups in total. The van der Waals surface area contributed by atoms with Gasteiger partial charge in [0.15, 0.2) is 17.7 Å². The zero-order valence-corrected chi connectivity index (χ0v) is 13.7. The summed E-state index contributed by atoms with van der Waals surface area (Å²) >= 11 is 0. The quantitative estimate of drug-likeness (QED) is 0.604. The van der Waals surface area contributed by atoms with Crippen LogP contribution in [0.15, 0.2) is 43.0 Å². The van der Waals surface area contributed by atoms with Crippen molar-refractivity contribution in [3.8, 4) is 0 Å². The normalized spacial score (nSPS) is 28.0. The Morgan fingerprint density at radius 2 is 1.92 bits per heavy atom. The van der Waals surface area contributed by atoms with Crippen LogP contribution >= 0.6 is 0 Å². The van der Waals surface area contributed by atoms with Gasteiger partial charge in [0, 0.05) is 0 Å². The molecule has 0 aliphatic carbocycles. The second-order valence-corrected chi connectivity index (χ2v) is 6.27. The average Bonchev–Trinajstić information content (AvgIpc) is 3.36. The van der Waals surface area contributed by atoms with Gasteiger partial charge in [-0.05, 0) is 5.46 Å². The molecule has 0 bridgehead atoms. The number of hydrogen-bond donors (Lipinski definition) is 2. The van der Waals surface area contributed by atoms with Crippen molar-refractivity contribution in [3.63, 3.8) is 0 Å². The van der Waals surface area contributed by atoms with Crippen LogP contribution in [0, 0.1) is 0 Å². The van der Waals surface area contributed by atoms with E-state index in [0.717, 1.165) is 5.46 Å². The monoisotopic (exact) mass is 353 g/mol. The zero-order chi connectivity index (χ0) is 17.7. The number of anilines is 1. The molecule has 26 heavy (non-hydrogen) atoms. The Morgan fingerprint density at radius 3 is 2.73 bits per heavy atom. The third kappa shape index (κ3) is 2.31. The standard InChI is InChI=1S/C16H16BN5O4/c18-14-11-15(20-7-19-14)22(8-21-11)16-13-12(10(6-23)24-16)25-17(26-13)9-4-2-1-3-5-9/h1-5,7-8,10,12-13,16,23H,6H2,(H2,18,19,20)/t10-,12?,13?,16?/m1/s1. The summed E-state index contributed by atoms with van der Waals surface area (Å²) in [4.78, 5) is 12.5. The number of benzene rings is 1. The lowest BCUT2D eigenvalue weighted by Gasteiger charge is -2.19. The predicted molar refractivity (Wildman–Crippen MR) is 92.3 cm³/mol. The number of hydrogen-bond acceptors (Lipinski definition) is 8. The number of nitrogens with zero attached hydrogens (tertiary/aromatic N) is 4. The van der Waals surface area contributed by atoms with Gasteiger partial charge in [0.25, 0.3) is 0 Å². The summed E-state index contributed by atoms with van der Waals surface area (Å²) in [5.41, 5.74) is 7.83. The van der Waals surface area contributed by atoms with E-state index in [1.54, 1.807) is 10.9 Å². The number of aromatic nitrogens is 4. The lowest BCUT2D eigenvalue weighted by atomic mass is 9.79. The van der Waals surface area contributed by atoms with E-state index in [1.165, 1.54) is 6.33 Å². The number of rotatable bonds is 3. The third-order valence-electron chi connectivity index (χ3n) is 4.76. The van der Waals surface area contributed by atoms with Crippen molar-refractivity contribution in [3.05, 3.63) is 43.0 Å². The number of fused-ring (bicyclic) bond motifs is 2. The Bertz CT molecular complexity index is 939. The Hall–Kier alpha value is -2.53. The molecule has 4 heterocycles. The minimum atomic E-state index is -0.537. The molecular weight excluding hydrogens is 337 g/mol. The highest BCUT2D eigenvalue weighted by Gasteiger charge is 2.55. The van der Waals surface area contributed by atoms with Gasteiger partial charge in [-0.1, -0.05) is 30.3 Å². The summed E-state index contributed by atoms with van der Waals surface area (Å²) in [5.74, 6) is 0.299. The van der Waals surface area contributed by atoms with Crippen LogP contribution in [0.25, 0.3) is 11.2 Å². The number of imidazole rings is 1. The van der Waals surface area contributed by atoms with E-state index in [9.17, 15) is 5.11 Å². The van der Waals surface area contributed by atoms with Gasteiger partial charge in [-0.15, -0.1) is 0 Å². The second kappa shape index (κ2) is 6.03. The lowest BCUT2D eigenvalue weighted by molar-refractivity contribution is -0.0570. The minimum absolute atomic E-state index is 0.174. The summed E-state index contributed by atoms with van der Waals surface area (Å²) in [5, 5.41) is 9.71. The SMILES string of the molecule is Nc1ncnc2c1ncn2C1O[C@H](CO)C2OB(c3ccccc3)OC21. The molecule has 2 fully saturated rings. The highest BCUT2D eigenvalue weighted by molar-refractivity contribution is 6.61. The molecule has 10 heteroatoms. The minimum Gasteiger partial charge on any atom is -0.399 e. The van der Waals surface area contributed by atoms with Gasteiger partial charge in [-0.2, -0.15) is 0 Å². The predicted octanol–water partition coefficient (Wildman–Crippen LogP) is -0.522. The fraction of sp³-hybridized carbons (Fsp3) is 0.312. The van der Waals surface area contributed by atoms with E-state index in [-0.39, 0.29) is 6.61 Å². The Balaban J connectivity index is 1.51. The number of nitrogens with two attached hydrogens (primary N) is 1. The van der Waals surface area contributed by atoms with Crippen LogP contribution in [-0.4, -0.2) is 56.7 Å². The first kappa shape index (κ1) is 15.7. The molecule has 0 saturated carbocycles. The van der Waals surface area contributed by atoms with E-state index < -0.39 is 31.7 Å². The smallest absolute Gasteiger partial charge is 0.399 e. The average molecular weight is 353 g/mol. The summed E-state index contributed by atoms with van der Waals surface area (Å²) in [6, 6.07) is 9.67. The molecule has 9 nitrogen and oxygen atoms in total. The van der Waals surface area contributed by atoms with Gasteiger partial charge < -0.3 is 24.9 Å². The maximum atomic E-state index is 9.71. The molecule has 5 rings (SSSR count). The van der Waals surface area contributed by atoms with Crippen LogP contribution in [-0.2, 0) is 14.0 Å². The maximum absolute atomic E-state index is 9.71. The van der Waals surface area contributed by atoms with Crippen LogP contribution in [0.5, 0.6) is 0 Å². The Kier molecular flexibility index (Phi) is 3.64. The molecule has 3 aromatic rings. The van der Waals surface area contributed by atoms with Crippen molar-refractivity contribution in [1.29, 1.82) is 0 Å². The van der Waals surface area contributed by atoms with E-state index in [0.29, 0.717) is 17.0 Å². The van der Waals surface area contributed by atoms with Gasteiger partial charge in [0.05, 0.1) is 12.9 Å². The Morgan fingerprint density at radius 1 is 1.12 bits per heavy atom. The molecule has 2 saturated heterocycles. The van der Waals surface area contributed by atoms with E-state index in [1.807, 2.05) is 30.3 Å². The van der Waals surface area contributed by atoms with Crippen molar-refractivity contribution in [1.82, 2.24) is 19.5 Å². The van der Waals surface area contributed by atoms with Gasteiger partial charge in [0.2, 0.25) is 0 Å². The number of aliphatic hydroxyl groups is 1.